The van der Waals surface area contributed by atoms with Crippen LogP contribution in [-0.4, -0.2) is 33.1 Å². The smallest absolute Gasteiger partial charge is 0.358 e. The van der Waals surface area contributed by atoms with Crippen LogP contribution in [0.5, 0.6) is 0 Å². The third-order valence-electron chi connectivity index (χ3n) is 3.56. The maximum absolute atomic E-state index is 11.4. The van der Waals surface area contributed by atoms with Crippen LogP contribution in [0.4, 0.5) is 5.82 Å². The predicted molar refractivity (Wildman–Crippen MR) is 89.0 cm³/mol. The SMILES string of the molecule is COC(=O)c1ccc(NC(C)c2cccc(-n3cccn3)c2)nn1. The first-order valence-corrected chi connectivity index (χ1v) is 7.46. The molecule has 1 unspecified atom stereocenters. The summed E-state index contributed by atoms with van der Waals surface area (Å²) >= 11 is 0. The van der Waals surface area contributed by atoms with Crippen LogP contribution in [0.3, 0.4) is 0 Å². The normalized spacial score (nSPS) is 11.8. The fourth-order valence-electron chi connectivity index (χ4n) is 2.29. The van der Waals surface area contributed by atoms with Gasteiger partial charge in [0.25, 0.3) is 0 Å². The van der Waals surface area contributed by atoms with Gasteiger partial charge in [0.2, 0.25) is 0 Å². The van der Waals surface area contributed by atoms with Gasteiger partial charge in [0, 0.05) is 12.4 Å². The molecule has 1 aromatic carbocycles. The minimum atomic E-state index is -0.506. The minimum absolute atomic E-state index is 0.0128. The Labute approximate surface area is 139 Å². The van der Waals surface area contributed by atoms with E-state index in [2.05, 4.69) is 31.4 Å². The lowest BCUT2D eigenvalue weighted by atomic mass is 10.1. The summed E-state index contributed by atoms with van der Waals surface area (Å²) in [5.74, 6) is 0.0775. The van der Waals surface area contributed by atoms with E-state index in [9.17, 15) is 4.79 Å². The van der Waals surface area contributed by atoms with Gasteiger partial charge in [-0.25, -0.2) is 9.48 Å². The van der Waals surface area contributed by atoms with Crippen molar-refractivity contribution in [1.82, 2.24) is 20.0 Å². The van der Waals surface area contributed by atoms with E-state index < -0.39 is 5.97 Å². The highest BCUT2D eigenvalue weighted by atomic mass is 16.5. The zero-order valence-electron chi connectivity index (χ0n) is 13.4. The Balaban J connectivity index is 1.74. The molecule has 7 heteroatoms. The number of nitrogens with one attached hydrogen (secondary N) is 1. The van der Waals surface area contributed by atoms with Crippen LogP contribution in [0.25, 0.3) is 5.69 Å². The molecule has 1 atom stereocenters. The van der Waals surface area contributed by atoms with Gasteiger partial charge in [-0.3, -0.25) is 0 Å². The molecule has 0 saturated carbocycles. The molecule has 24 heavy (non-hydrogen) atoms. The Hall–Kier alpha value is -3.22. The molecule has 0 fully saturated rings. The quantitative estimate of drug-likeness (QED) is 0.727. The van der Waals surface area contributed by atoms with Crippen molar-refractivity contribution in [2.24, 2.45) is 0 Å². The van der Waals surface area contributed by atoms with Gasteiger partial charge in [0.05, 0.1) is 18.8 Å². The second-order valence-corrected chi connectivity index (χ2v) is 5.21. The number of hydrogen-bond acceptors (Lipinski definition) is 6. The van der Waals surface area contributed by atoms with Crippen LogP contribution in [0, 0.1) is 0 Å². The molecule has 0 bridgehead atoms. The fourth-order valence-corrected chi connectivity index (χ4v) is 2.29. The van der Waals surface area contributed by atoms with Crippen molar-refractivity contribution in [2.45, 2.75) is 13.0 Å². The van der Waals surface area contributed by atoms with Crippen molar-refractivity contribution in [3.05, 3.63) is 66.1 Å². The lowest BCUT2D eigenvalue weighted by Crippen LogP contribution is -2.11. The Morgan fingerprint density at radius 1 is 1.21 bits per heavy atom. The standard InChI is InChI=1S/C17H17N5O2/c1-12(19-16-8-7-15(20-21-16)17(23)24-2)13-5-3-6-14(11-13)22-10-4-9-18-22/h3-12H,1-2H3,(H,19,21). The Morgan fingerprint density at radius 2 is 2.08 bits per heavy atom. The Bertz CT molecular complexity index is 815. The van der Waals surface area contributed by atoms with Crippen LogP contribution in [0.1, 0.15) is 29.0 Å². The molecule has 1 N–H and O–H groups in total. The second-order valence-electron chi connectivity index (χ2n) is 5.21. The van der Waals surface area contributed by atoms with Crippen molar-refractivity contribution in [1.29, 1.82) is 0 Å². The van der Waals surface area contributed by atoms with E-state index in [4.69, 9.17) is 0 Å². The molecular formula is C17H17N5O2. The molecule has 3 rings (SSSR count). The van der Waals surface area contributed by atoms with Gasteiger partial charge in [0.15, 0.2) is 5.69 Å². The van der Waals surface area contributed by atoms with Gasteiger partial charge in [-0.05, 0) is 42.8 Å². The van der Waals surface area contributed by atoms with Crippen molar-refractivity contribution in [2.75, 3.05) is 12.4 Å². The molecular weight excluding hydrogens is 306 g/mol. The van der Waals surface area contributed by atoms with E-state index in [0.717, 1.165) is 11.3 Å². The van der Waals surface area contributed by atoms with Gasteiger partial charge in [-0.15, -0.1) is 10.2 Å². The monoisotopic (exact) mass is 323 g/mol. The third-order valence-corrected chi connectivity index (χ3v) is 3.56. The molecule has 0 spiro atoms. The number of carbonyl (C=O) groups is 1. The number of nitrogens with zero attached hydrogens (tertiary/aromatic N) is 4. The average molecular weight is 323 g/mol. The average Bonchev–Trinajstić information content (AvgIpc) is 3.16. The van der Waals surface area contributed by atoms with Crippen molar-refractivity contribution >= 4 is 11.8 Å². The maximum atomic E-state index is 11.4. The number of anilines is 1. The highest BCUT2D eigenvalue weighted by Crippen LogP contribution is 2.20. The van der Waals surface area contributed by atoms with E-state index in [0.29, 0.717) is 5.82 Å². The molecule has 0 amide bonds. The number of esters is 1. The van der Waals surface area contributed by atoms with Gasteiger partial charge >= 0.3 is 5.97 Å². The highest BCUT2D eigenvalue weighted by Gasteiger charge is 2.10. The fraction of sp³-hybridized carbons (Fsp3) is 0.176. The van der Waals surface area contributed by atoms with E-state index in [1.807, 2.05) is 37.4 Å². The van der Waals surface area contributed by atoms with Gasteiger partial charge in [-0.1, -0.05) is 12.1 Å². The second kappa shape index (κ2) is 6.91. The summed E-state index contributed by atoms with van der Waals surface area (Å²) in [5.41, 5.74) is 2.25. The topological polar surface area (TPSA) is 81.9 Å². The summed E-state index contributed by atoms with van der Waals surface area (Å²) in [6, 6.07) is 13.2. The van der Waals surface area contributed by atoms with Gasteiger partial charge in [0.1, 0.15) is 5.82 Å². The van der Waals surface area contributed by atoms with Crippen molar-refractivity contribution < 1.29 is 9.53 Å². The highest BCUT2D eigenvalue weighted by molar-refractivity contribution is 5.86. The number of carbonyl (C=O) groups excluding carboxylic acids is 1. The molecule has 0 aliphatic heterocycles. The summed E-state index contributed by atoms with van der Waals surface area (Å²) in [6.07, 6.45) is 3.64. The zero-order chi connectivity index (χ0) is 16.9. The number of methoxy groups -OCH3 is 1. The molecule has 0 saturated heterocycles. The molecule has 0 aliphatic carbocycles. The first kappa shape index (κ1) is 15.7. The van der Waals surface area contributed by atoms with E-state index in [-0.39, 0.29) is 11.7 Å². The Morgan fingerprint density at radius 3 is 2.75 bits per heavy atom. The first-order chi connectivity index (χ1) is 11.7. The molecule has 122 valence electrons. The van der Waals surface area contributed by atoms with Crippen LogP contribution in [0.15, 0.2) is 54.9 Å². The maximum Gasteiger partial charge on any atom is 0.358 e. The van der Waals surface area contributed by atoms with Crippen LogP contribution in [-0.2, 0) is 4.74 Å². The van der Waals surface area contributed by atoms with E-state index in [1.165, 1.54) is 7.11 Å². The van der Waals surface area contributed by atoms with Crippen molar-refractivity contribution in [3.8, 4) is 5.69 Å². The number of benzene rings is 1. The van der Waals surface area contributed by atoms with Crippen molar-refractivity contribution in [3.63, 3.8) is 0 Å². The number of hydrogen-bond donors (Lipinski definition) is 1. The van der Waals surface area contributed by atoms with E-state index >= 15 is 0 Å². The molecule has 2 heterocycles. The zero-order valence-corrected chi connectivity index (χ0v) is 13.4. The summed E-state index contributed by atoms with van der Waals surface area (Å²) in [7, 11) is 1.31. The Kier molecular flexibility index (Phi) is 4.51. The summed E-state index contributed by atoms with van der Waals surface area (Å²) in [6.45, 7) is 2.03. The number of aromatic nitrogens is 4. The van der Waals surface area contributed by atoms with E-state index in [1.54, 1.807) is 23.0 Å². The molecule has 3 aromatic rings. The molecule has 0 aliphatic rings. The van der Waals surface area contributed by atoms with Gasteiger partial charge < -0.3 is 10.1 Å². The lowest BCUT2D eigenvalue weighted by molar-refractivity contribution is 0.0593. The first-order valence-electron chi connectivity index (χ1n) is 7.46. The lowest BCUT2D eigenvalue weighted by Gasteiger charge is -2.15. The number of rotatable bonds is 5. The molecule has 2 aromatic heterocycles. The molecule has 0 radical (unpaired) electrons. The third kappa shape index (κ3) is 3.40. The summed E-state index contributed by atoms with van der Waals surface area (Å²) in [4.78, 5) is 11.4. The van der Waals surface area contributed by atoms with Gasteiger partial charge in [-0.2, -0.15) is 5.10 Å². The minimum Gasteiger partial charge on any atom is -0.464 e. The number of ether oxygens (including phenoxy) is 1. The summed E-state index contributed by atoms with van der Waals surface area (Å²) in [5, 5.41) is 15.4. The molecule has 7 nitrogen and oxygen atoms in total. The van der Waals surface area contributed by atoms with Crippen LogP contribution < -0.4 is 5.32 Å². The van der Waals surface area contributed by atoms with Crippen LogP contribution >= 0.6 is 0 Å². The summed E-state index contributed by atoms with van der Waals surface area (Å²) < 4.78 is 6.41. The predicted octanol–water partition coefficient (Wildman–Crippen LogP) is 2.62. The largest absolute Gasteiger partial charge is 0.464 e. The van der Waals surface area contributed by atoms with Crippen LogP contribution in [0.2, 0.25) is 0 Å².